The molecule has 0 saturated carbocycles. The highest BCUT2D eigenvalue weighted by atomic mass is 35.5. The van der Waals surface area contributed by atoms with E-state index in [1.54, 1.807) is 18.2 Å². The van der Waals surface area contributed by atoms with E-state index in [4.69, 9.17) is 11.6 Å². The maximum Gasteiger partial charge on any atom is 0.435 e. The third kappa shape index (κ3) is 5.18. The van der Waals surface area contributed by atoms with Gasteiger partial charge in [0, 0.05) is 28.4 Å². The van der Waals surface area contributed by atoms with Crippen LogP contribution in [0.2, 0.25) is 4.47 Å². The van der Waals surface area contributed by atoms with Crippen LogP contribution >= 0.6 is 22.9 Å². The molecule has 0 spiro atoms. The first-order valence-electron chi connectivity index (χ1n) is 9.38. The van der Waals surface area contributed by atoms with Gasteiger partial charge < -0.3 is 4.90 Å². The van der Waals surface area contributed by atoms with Crippen LogP contribution in [0.4, 0.5) is 23.2 Å². The molecule has 0 fully saturated rings. The Bertz CT molecular complexity index is 1300. The summed E-state index contributed by atoms with van der Waals surface area (Å²) in [4.78, 5) is 26.0. The summed E-state index contributed by atoms with van der Waals surface area (Å²) in [5.74, 6) is -1.37. The van der Waals surface area contributed by atoms with Crippen LogP contribution in [-0.2, 0) is 12.7 Å². The number of thiazole rings is 1. The van der Waals surface area contributed by atoms with Gasteiger partial charge in [0.25, 0.3) is 5.91 Å². The van der Waals surface area contributed by atoms with E-state index >= 15 is 0 Å². The van der Waals surface area contributed by atoms with Gasteiger partial charge in [0.1, 0.15) is 5.82 Å². The van der Waals surface area contributed by atoms with Crippen LogP contribution in [0.15, 0.2) is 67.1 Å². The fourth-order valence-corrected chi connectivity index (χ4v) is 4.07. The van der Waals surface area contributed by atoms with Crippen LogP contribution < -0.4 is 4.90 Å². The molecule has 1 aromatic carbocycles. The molecule has 3 heterocycles. The number of alkyl halides is 3. The van der Waals surface area contributed by atoms with E-state index in [1.165, 1.54) is 30.6 Å². The molecule has 0 atom stereocenters. The normalized spacial score (nSPS) is 11.4. The zero-order chi connectivity index (χ0) is 23.6. The van der Waals surface area contributed by atoms with E-state index in [2.05, 4.69) is 15.0 Å². The van der Waals surface area contributed by atoms with E-state index in [9.17, 15) is 22.4 Å². The maximum absolute atomic E-state index is 14.1. The molecule has 11 heteroatoms. The molecule has 0 bridgehead atoms. The fraction of sp³-hybridized carbons (Fsp3) is 0.0909. The van der Waals surface area contributed by atoms with Gasteiger partial charge in [0.2, 0.25) is 0 Å². The maximum atomic E-state index is 14.1. The molecular weight excluding hydrogens is 480 g/mol. The van der Waals surface area contributed by atoms with Crippen molar-refractivity contribution in [2.45, 2.75) is 12.7 Å². The molecule has 1 amide bonds. The van der Waals surface area contributed by atoms with Crippen LogP contribution in [-0.4, -0.2) is 20.9 Å². The lowest BCUT2D eigenvalue weighted by Gasteiger charge is -2.25. The minimum Gasteiger partial charge on any atom is -0.301 e. The van der Waals surface area contributed by atoms with Crippen molar-refractivity contribution in [1.82, 2.24) is 15.0 Å². The van der Waals surface area contributed by atoms with Gasteiger partial charge in [0.15, 0.2) is 10.2 Å². The number of carbonyl (C=O) groups excluding carboxylic acids is 1. The Morgan fingerprint density at radius 1 is 1.06 bits per heavy atom. The van der Waals surface area contributed by atoms with Crippen molar-refractivity contribution >= 4 is 34.5 Å². The number of anilines is 1. The molecule has 0 unspecified atom stereocenters. The summed E-state index contributed by atoms with van der Waals surface area (Å²) in [5, 5.41) is 0. The van der Waals surface area contributed by atoms with Crippen molar-refractivity contribution in [3.63, 3.8) is 0 Å². The van der Waals surface area contributed by atoms with Gasteiger partial charge in [-0.15, -0.1) is 11.3 Å². The summed E-state index contributed by atoms with van der Waals surface area (Å²) >= 11 is 6.91. The molecule has 4 rings (SSSR count). The van der Waals surface area contributed by atoms with Crippen LogP contribution in [0.3, 0.4) is 0 Å². The minimum atomic E-state index is -4.90. The number of carbonyl (C=O) groups is 1. The summed E-state index contributed by atoms with van der Waals surface area (Å²) in [6, 6.07) is 11.4. The summed E-state index contributed by atoms with van der Waals surface area (Å²) in [7, 11) is 0. The molecule has 0 aliphatic carbocycles. The number of rotatable bonds is 5. The molecular formula is C22H13ClF4N4OS. The number of nitrogens with zero attached hydrogens (tertiary/aromatic N) is 4. The van der Waals surface area contributed by atoms with Crippen LogP contribution in [0.5, 0.6) is 0 Å². The van der Waals surface area contributed by atoms with E-state index in [1.807, 2.05) is 0 Å². The molecule has 0 saturated heterocycles. The average Bonchev–Trinajstić information content (AvgIpc) is 3.21. The van der Waals surface area contributed by atoms with Crippen molar-refractivity contribution in [2.24, 2.45) is 0 Å². The number of hydrogen-bond acceptors (Lipinski definition) is 5. The van der Waals surface area contributed by atoms with Gasteiger partial charge in [-0.25, -0.2) is 14.4 Å². The average molecular weight is 493 g/mol. The summed E-state index contributed by atoms with van der Waals surface area (Å²) in [5.41, 5.74) is -1.61. The Morgan fingerprint density at radius 3 is 2.45 bits per heavy atom. The molecule has 3 aromatic heterocycles. The second kappa shape index (κ2) is 9.24. The second-order valence-corrected chi connectivity index (χ2v) is 8.49. The van der Waals surface area contributed by atoms with Gasteiger partial charge in [-0.2, -0.15) is 13.2 Å². The highest BCUT2D eigenvalue weighted by Crippen LogP contribution is 2.38. The quantitative estimate of drug-likeness (QED) is 0.309. The van der Waals surface area contributed by atoms with Gasteiger partial charge >= 0.3 is 6.18 Å². The molecule has 0 N–H and O–H groups in total. The zero-order valence-corrected chi connectivity index (χ0v) is 18.1. The van der Waals surface area contributed by atoms with E-state index in [-0.39, 0.29) is 27.8 Å². The van der Waals surface area contributed by atoms with Crippen LogP contribution in [0.25, 0.3) is 11.3 Å². The Morgan fingerprint density at radius 2 is 1.82 bits per heavy atom. The predicted molar refractivity (Wildman–Crippen MR) is 117 cm³/mol. The first kappa shape index (κ1) is 22.8. The monoisotopic (exact) mass is 492 g/mol. The predicted octanol–water partition coefficient (Wildman–Crippen LogP) is 6.26. The Balaban J connectivity index is 1.85. The molecule has 168 valence electrons. The van der Waals surface area contributed by atoms with Crippen LogP contribution in [0, 0.1) is 5.82 Å². The lowest BCUT2D eigenvalue weighted by atomic mass is 10.1. The molecule has 0 aliphatic rings. The summed E-state index contributed by atoms with van der Waals surface area (Å²) in [6.45, 7) is -0.205. The second-order valence-electron chi connectivity index (χ2n) is 6.79. The number of hydrogen-bond donors (Lipinski definition) is 0. The Hall–Kier alpha value is -3.37. The lowest BCUT2D eigenvalue weighted by Crippen LogP contribution is -2.32. The van der Waals surface area contributed by atoms with Gasteiger partial charge in [-0.1, -0.05) is 29.8 Å². The van der Waals surface area contributed by atoms with E-state index in [0.29, 0.717) is 4.88 Å². The molecule has 0 aliphatic heterocycles. The molecule has 5 nitrogen and oxygen atoms in total. The lowest BCUT2D eigenvalue weighted by molar-refractivity contribution is -0.140. The Labute approximate surface area is 194 Å². The summed E-state index contributed by atoms with van der Waals surface area (Å²) < 4.78 is 56.0. The SMILES string of the molecule is O=C(c1ccccc1)N(Cc1cnc(Cl)s1)c1ccc(-c2cncc(F)c2)nc1C(F)(F)F. The standard InChI is InChI=1S/C22H13ClF4N4OS/c23-21-29-11-16(33-21)12-31(20(32)13-4-2-1-3-5-13)18-7-6-17(30-19(18)22(25,26)27)14-8-15(24)10-28-9-14/h1-11H,12H2. The van der Waals surface area contributed by atoms with Crippen molar-refractivity contribution < 1.29 is 22.4 Å². The summed E-state index contributed by atoms with van der Waals surface area (Å²) in [6.07, 6.45) is -1.36. The van der Waals surface area contributed by atoms with Crippen molar-refractivity contribution in [3.8, 4) is 11.3 Å². The first-order valence-corrected chi connectivity index (χ1v) is 10.6. The Kier molecular flexibility index (Phi) is 6.39. The number of amides is 1. The highest BCUT2D eigenvalue weighted by molar-refractivity contribution is 7.15. The largest absolute Gasteiger partial charge is 0.435 e. The van der Waals surface area contributed by atoms with Crippen molar-refractivity contribution in [1.29, 1.82) is 0 Å². The molecule has 0 radical (unpaired) electrons. The van der Waals surface area contributed by atoms with Gasteiger partial charge in [-0.3, -0.25) is 9.78 Å². The third-order valence-corrected chi connectivity index (χ3v) is 5.64. The van der Waals surface area contributed by atoms with Gasteiger partial charge in [0.05, 0.1) is 24.1 Å². The highest BCUT2D eigenvalue weighted by Gasteiger charge is 2.39. The smallest absolute Gasteiger partial charge is 0.301 e. The zero-order valence-electron chi connectivity index (χ0n) is 16.6. The molecule has 4 aromatic rings. The topological polar surface area (TPSA) is 59.0 Å². The van der Waals surface area contributed by atoms with Crippen LogP contribution in [0.1, 0.15) is 20.9 Å². The third-order valence-electron chi connectivity index (χ3n) is 4.54. The van der Waals surface area contributed by atoms with Crippen molar-refractivity contribution in [3.05, 3.63) is 93.5 Å². The number of halogens is 5. The van der Waals surface area contributed by atoms with E-state index in [0.717, 1.165) is 34.6 Å². The number of pyridine rings is 2. The first-order chi connectivity index (χ1) is 15.7. The number of benzene rings is 1. The number of aromatic nitrogens is 3. The molecule has 33 heavy (non-hydrogen) atoms. The minimum absolute atomic E-state index is 0.0715. The fourth-order valence-electron chi connectivity index (χ4n) is 3.11. The van der Waals surface area contributed by atoms with Crippen molar-refractivity contribution in [2.75, 3.05) is 4.90 Å². The van der Waals surface area contributed by atoms with Gasteiger partial charge in [-0.05, 0) is 30.3 Å². The van der Waals surface area contributed by atoms with E-state index < -0.39 is 29.3 Å².